The molecule has 2 aromatic carbocycles. The number of fused-ring (bicyclic) bond motifs is 1. The number of anilines is 1. The minimum Gasteiger partial charge on any atom is -0.483 e. The van der Waals surface area contributed by atoms with E-state index in [1.807, 2.05) is 36.1 Å². The Morgan fingerprint density at radius 3 is 2.41 bits per heavy atom. The van der Waals surface area contributed by atoms with Crippen LogP contribution in [-0.2, 0) is 11.3 Å². The summed E-state index contributed by atoms with van der Waals surface area (Å²) in [5.41, 5.74) is 1.14. The molecule has 1 aromatic heterocycles. The predicted molar refractivity (Wildman–Crippen MR) is 115 cm³/mol. The highest BCUT2D eigenvalue weighted by molar-refractivity contribution is 5.88. The summed E-state index contributed by atoms with van der Waals surface area (Å²) in [5, 5.41) is 1.35. The highest BCUT2D eigenvalue weighted by Crippen LogP contribution is 2.23. The average Bonchev–Trinajstić information content (AvgIpc) is 2.78. The summed E-state index contributed by atoms with van der Waals surface area (Å²) in [5.74, 6) is 0.538. The van der Waals surface area contributed by atoms with Crippen LogP contribution in [0.25, 0.3) is 10.8 Å². The standard InChI is InChI=1S/C23H25N3O3/c1-2-24-12-11-19-20(23(24)28)9-6-10-21(19)29-17-22(27)26-15-13-25(14-16-26)18-7-4-3-5-8-18/h3-12H,2,13-17H2,1H3. The molecule has 0 radical (unpaired) electrons. The van der Waals surface area contributed by atoms with Gasteiger partial charge in [-0.1, -0.05) is 24.3 Å². The molecule has 0 saturated carbocycles. The number of nitrogens with zero attached hydrogens (tertiary/aromatic N) is 3. The molecule has 0 aliphatic carbocycles. The maximum absolute atomic E-state index is 12.6. The van der Waals surface area contributed by atoms with E-state index in [-0.39, 0.29) is 18.1 Å². The summed E-state index contributed by atoms with van der Waals surface area (Å²) in [7, 11) is 0. The van der Waals surface area contributed by atoms with Gasteiger partial charge >= 0.3 is 0 Å². The number of carbonyl (C=O) groups excluding carboxylic acids is 1. The average molecular weight is 391 g/mol. The van der Waals surface area contributed by atoms with Gasteiger partial charge in [0.15, 0.2) is 6.61 Å². The first-order valence-electron chi connectivity index (χ1n) is 10.00. The Hall–Kier alpha value is -3.28. The van der Waals surface area contributed by atoms with Crippen molar-refractivity contribution in [3.05, 3.63) is 71.1 Å². The number of carbonyl (C=O) groups is 1. The topological polar surface area (TPSA) is 54.8 Å². The van der Waals surface area contributed by atoms with Crippen molar-refractivity contribution >= 4 is 22.4 Å². The number of aromatic nitrogens is 1. The quantitative estimate of drug-likeness (QED) is 0.671. The Morgan fingerprint density at radius 1 is 0.931 bits per heavy atom. The van der Waals surface area contributed by atoms with Crippen molar-refractivity contribution in [2.45, 2.75) is 13.5 Å². The molecule has 0 bridgehead atoms. The molecule has 0 N–H and O–H groups in total. The number of para-hydroxylation sites is 1. The molecule has 1 amide bonds. The van der Waals surface area contributed by atoms with E-state index in [1.54, 1.807) is 29.0 Å². The second-order valence-corrected chi connectivity index (χ2v) is 7.12. The Balaban J connectivity index is 1.39. The van der Waals surface area contributed by atoms with E-state index in [0.717, 1.165) is 18.5 Å². The highest BCUT2D eigenvalue weighted by Gasteiger charge is 2.21. The smallest absolute Gasteiger partial charge is 0.260 e. The first kappa shape index (κ1) is 19.1. The summed E-state index contributed by atoms with van der Waals surface area (Å²) in [6.45, 7) is 5.49. The molecule has 4 rings (SSSR count). The van der Waals surface area contributed by atoms with Crippen LogP contribution in [0.2, 0.25) is 0 Å². The fourth-order valence-electron chi connectivity index (χ4n) is 3.75. The monoisotopic (exact) mass is 391 g/mol. The minimum atomic E-state index is -0.0428. The van der Waals surface area contributed by atoms with E-state index >= 15 is 0 Å². The number of ether oxygens (including phenoxy) is 1. The van der Waals surface area contributed by atoms with Crippen molar-refractivity contribution in [1.82, 2.24) is 9.47 Å². The van der Waals surface area contributed by atoms with E-state index in [0.29, 0.717) is 30.8 Å². The molecule has 3 aromatic rings. The van der Waals surface area contributed by atoms with Crippen LogP contribution in [0.1, 0.15) is 6.92 Å². The first-order valence-corrected chi connectivity index (χ1v) is 10.00. The molecule has 0 spiro atoms. The summed E-state index contributed by atoms with van der Waals surface area (Å²) >= 11 is 0. The van der Waals surface area contributed by atoms with E-state index in [1.165, 1.54) is 5.69 Å². The summed E-state index contributed by atoms with van der Waals surface area (Å²) < 4.78 is 7.48. The maximum atomic E-state index is 12.6. The third-order valence-electron chi connectivity index (χ3n) is 5.42. The summed E-state index contributed by atoms with van der Waals surface area (Å²) in [6, 6.07) is 17.5. The van der Waals surface area contributed by atoms with Gasteiger partial charge < -0.3 is 19.1 Å². The minimum absolute atomic E-state index is 0.0265. The lowest BCUT2D eigenvalue weighted by atomic mass is 10.1. The number of amides is 1. The van der Waals surface area contributed by atoms with Crippen LogP contribution in [0.5, 0.6) is 5.75 Å². The number of hydrogen-bond acceptors (Lipinski definition) is 4. The predicted octanol–water partition coefficient (Wildman–Crippen LogP) is 2.75. The first-order chi connectivity index (χ1) is 14.2. The van der Waals surface area contributed by atoms with Gasteiger partial charge in [-0.3, -0.25) is 9.59 Å². The largest absolute Gasteiger partial charge is 0.483 e. The highest BCUT2D eigenvalue weighted by atomic mass is 16.5. The van der Waals surface area contributed by atoms with E-state index in [9.17, 15) is 9.59 Å². The van der Waals surface area contributed by atoms with Crippen LogP contribution < -0.4 is 15.2 Å². The second-order valence-electron chi connectivity index (χ2n) is 7.12. The number of aryl methyl sites for hydroxylation is 1. The zero-order valence-electron chi connectivity index (χ0n) is 16.6. The van der Waals surface area contributed by atoms with Crippen molar-refractivity contribution in [3.8, 4) is 5.75 Å². The molecule has 0 unspecified atom stereocenters. The van der Waals surface area contributed by atoms with Crippen LogP contribution in [0.4, 0.5) is 5.69 Å². The van der Waals surface area contributed by atoms with Crippen LogP contribution in [0, 0.1) is 0 Å². The summed E-state index contributed by atoms with van der Waals surface area (Å²) in [4.78, 5) is 29.2. The molecule has 1 fully saturated rings. The van der Waals surface area contributed by atoms with E-state index < -0.39 is 0 Å². The number of piperazine rings is 1. The third-order valence-corrected chi connectivity index (χ3v) is 5.42. The molecule has 150 valence electrons. The number of pyridine rings is 1. The van der Waals surface area contributed by atoms with E-state index in [4.69, 9.17) is 4.74 Å². The van der Waals surface area contributed by atoms with Crippen LogP contribution >= 0.6 is 0 Å². The molecule has 0 atom stereocenters. The van der Waals surface area contributed by atoms with Gasteiger partial charge in [-0.15, -0.1) is 0 Å². The molecule has 2 heterocycles. The van der Waals surface area contributed by atoms with Crippen molar-refractivity contribution in [3.63, 3.8) is 0 Å². The number of hydrogen-bond donors (Lipinski definition) is 0. The fourth-order valence-corrected chi connectivity index (χ4v) is 3.75. The Morgan fingerprint density at radius 2 is 1.69 bits per heavy atom. The lowest BCUT2D eigenvalue weighted by Crippen LogP contribution is -2.50. The normalized spacial score (nSPS) is 14.2. The number of benzene rings is 2. The van der Waals surface area contributed by atoms with Crippen molar-refractivity contribution in [2.75, 3.05) is 37.7 Å². The molecule has 29 heavy (non-hydrogen) atoms. The van der Waals surface area contributed by atoms with Crippen molar-refractivity contribution in [1.29, 1.82) is 0 Å². The van der Waals surface area contributed by atoms with Crippen molar-refractivity contribution < 1.29 is 9.53 Å². The Bertz CT molecular complexity index is 1050. The lowest BCUT2D eigenvalue weighted by Gasteiger charge is -2.36. The van der Waals surface area contributed by atoms with Crippen LogP contribution in [-0.4, -0.2) is 48.2 Å². The SMILES string of the molecule is CCn1ccc2c(OCC(=O)N3CCN(c4ccccc4)CC3)cccc2c1=O. The molecule has 1 aliphatic heterocycles. The zero-order chi connectivity index (χ0) is 20.2. The van der Waals surface area contributed by atoms with Gasteiger partial charge in [0, 0.05) is 50.0 Å². The van der Waals surface area contributed by atoms with Gasteiger partial charge in [0.1, 0.15) is 5.75 Å². The molecular formula is C23H25N3O3. The van der Waals surface area contributed by atoms with Gasteiger partial charge in [0.2, 0.25) is 0 Å². The van der Waals surface area contributed by atoms with Crippen molar-refractivity contribution in [2.24, 2.45) is 0 Å². The van der Waals surface area contributed by atoms with Crippen LogP contribution in [0.15, 0.2) is 65.6 Å². The van der Waals surface area contributed by atoms with Gasteiger partial charge in [0.25, 0.3) is 11.5 Å². The zero-order valence-corrected chi connectivity index (χ0v) is 16.6. The Labute approximate surface area is 169 Å². The maximum Gasteiger partial charge on any atom is 0.260 e. The molecule has 1 aliphatic rings. The van der Waals surface area contributed by atoms with Gasteiger partial charge in [-0.2, -0.15) is 0 Å². The molecular weight excluding hydrogens is 366 g/mol. The molecule has 6 heteroatoms. The van der Waals surface area contributed by atoms with Gasteiger partial charge in [0.05, 0.1) is 5.39 Å². The van der Waals surface area contributed by atoms with Gasteiger partial charge in [-0.25, -0.2) is 0 Å². The number of rotatable bonds is 5. The Kier molecular flexibility index (Phi) is 5.51. The molecule has 6 nitrogen and oxygen atoms in total. The van der Waals surface area contributed by atoms with Crippen LogP contribution in [0.3, 0.4) is 0 Å². The summed E-state index contributed by atoms with van der Waals surface area (Å²) in [6.07, 6.45) is 1.77. The lowest BCUT2D eigenvalue weighted by molar-refractivity contribution is -0.133. The van der Waals surface area contributed by atoms with E-state index in [2.05, 4.69) is 17.0 Å². The van der Waals surface area contributed by atoms with Gasteiger partial charge in [-0.05, 0) is 37.3 Å². The molecule has 1 saturated heterocycles. The third kappa shape index (κ3) is 3.97. The fraction of sp³-hybridized carbons (Fsp3) is 0.304. The second kappa shape index (κ2) is 8.39.